The number of amides is 1. The van der Waals surface area contributed by atoms with Crippen LogP contribution in [0.2, 0.25) is 0 Å². The third-order valence-corrected chi connectivity index (χ3v) is 4.28. The number of nitrogens with one attached hydrogen (secondary N) is 1. The number of primary amides is 1. The summed E-state index contributed by atoms with van der Waals surface area (Å²) < 4.78 is 0. The van der Waals surface area contributed by atoms with Crippen molar-refractivity contribution in [3.8, 4) is 11.1 Å². The number of anilines is 1. The fraction of sp³-hybridized carbons (Fsp3) is 0.0556. The van der Waals surface area contributed by atoms with Crippen LogP contribution in [-0.2, 0) is 0 Å². The van der Waals surface area contributed by atoms with E-state index in [4.69, 9.17) is 11.5 Å². The third-order valence-electron chi connectivity index (χ3n) is 4.28. The molecule has 4 rings (SSSR count). The first-order chi connectivity index (χ1) is 11.6. The Balaban J connectivity index is 2.24. The third kappa shape index (κ3) is 1.93. The highest BCUT2D eigenvalue weighted by atomic mass is 16.1. The average molecular weight is 317 g/mol. The van der Waals surface area contributed by atoms with Gasteiger partial charge < -0.3 is 11.5 Å². The van der Waals surface area contributed by atoms with Crippen molar-refractivity contribution < 1.29 is 4.79 Å². The normalized spacial score (nSPS) is 11.2. The van der Waals surface area contributed by atoms with Crippen LogP contribution in [0.5, 0.6) is 0 Å². The van der Waals surface area contributed by atoms with Crippen LogP contribution in [0.15, 0.2) is 42.7 Å². The Morgan fingerprint density at radius 3 is 2.83 bits per heavy atom. The number of hydrogen-bond donors (Lipinski definition) is 3. The summed E-state index contributed by atoms with van der Waals surface area (Å²) in [5.74, 6) is -0.559. The molecule has 0 radical (unpaired) electrons. The van der Waals surface area contributed by atoms with Crippen molar-refractivity contribution in [1.29, 1.82) is 0 Å². The Hall–Kier alpha value is -3.41. The van der Waals surface area contributed by atoms with Gasteiger partial charge in [0.25, 0.3) is 5.91 Å². The van der Waals surface area contributed by atoms with E-state index >= 15 is 0 Å². The molecular formula is C18H15N5O. The van der Waals surface area contributed by atoms with Crippen LogP contribution < -0.4 is 11.5 Å². The van der Waals surface area contributed by atoms with E-state index in [1.54, 1.807) is 18.5 Å². The Kier molecular flexibility index (Phi) is 2.99. The lowest BCUT2D eigenvalue weighted by Crippen LogP contribution is -2.14. The van der Waals surface area contributed by atoms with Crippen LogP contribution >= 0.6 is 0 Å². The van der Waals surface area contributed by atoms with Gasteiger partial charge in [-0.1, -0.05) is 12.1 Å². The van der Waals surface area contributed by atoms with Gasteiger partial charge >= 0.3 is 0 Å². The molecule has 0 aliphatic carbocycles. The van der Waals surface area contributed by atoms with Crippen LogP contribution in [0.1, 0.15) is 15.9 Å². The minimum atomic E-state index is -0.559. The van der Waals surface area contributed by atoms with Crippen molar-refractivity contribution in [1.82, 2.24) is 15.2 Å². The van der Waals surface area contributed by atoms with Gasteiger partial charge in [-0.3, -0.25) is 14.9 Å². The van der Waals surface area contributed by atoms with E-state index in [0.717, 1.165) is 32.9 Å². The van der Waals surface area contributed by atoms with Gasteiger partial charge in [0, 0.05) is 22.5 Å². The minimum Gasteiger partial charge on any atom is -0.398 e. The number of carbonyl (C=O) groups is 1. The van der Waals surface area contributed by atoms with Gasteiger partial charge in [-0.25, -0.2) is 0 Å². The number of H-pyrrole nitrogens is 1. The van der Waals surface area contributed by atoms with Gasteiger partial charge in [-0.05, 0) is 36.2 Å². The van der Waals surface area contributed by atoms with Crippen LogP contribution in [0, 0.1) is 6.92 Å². The Morgan fingerprint density at radius 2 is 2.04 bits per heavy atom. The van der Waals surface area contributed by atoms with Crippen molar-refractivity contribution in [3.63, 3.8) is 0 Å². The lowest BCUT2D eigenvalue weighted by atomic mass is 9.91. The second-order valence-electron chi connectivity index (χ2n) is 5.74. The summed E-state index contributed by atoms with van der Waals surface area (Å²) in [7, 11) is 0. The van der Waals surface area contributed by atoms with Gasteiger partial charge in [0.1, 0.15) is 0 Å². The number of carbonyl (C=O) groups excluding carboxylic acids is 1. The van der Waals surface area contributed by atoms with Gasteiger partial charge in [-0.2, -0.15) is 5.10 Å². The zero-order chi connectivity index (χ0) is 16.8. The highest BCUT2D eigenvalue weighted by Gasteiger charge is 2.20. The van der Waals surface area contributed by atoms with Crippen LogP contribution in [0.3, 0.4) is 0 Å². The first-order valence-corrected chi connectivity index (χ1v) is 7.48. The van der Waals surface area contributed by atoms with Gasteiger partial charge in [0.05, 0.1) is 28.5 Å². The molecule has 0 spiro atoms. The largest absolute Gasteiger partial charge is 0.398 e. The Labute approximate surface area is 137 Å². The molecule has 4 aromatic rings. The van der Waals surface area contributed by atoms with E-state index in [9.17, 15) is 4.79 Å². The Bertz CT molecular complexity index is 1110. The van der Waals surface area contributed by atoms with E-state index < -0.39 is 5.91 Å². The summed E-state index contributed by atoms with van der Waals surface area (Å²) >= 11 is 0. The second kappa shape index (κ2) is 5.06. The zero-order valence-electron chi connectivity index (χ0n) is 13.0. The predicted molar refractivity (Wildman–Crippen MR) is 94.5 cm³/mol. The molecule has 24 heavy (non-hydrogen) atoms. The molecule has 0 saturated carbocycles. The highest BCUT2D eigenvalue weighted by Crippen LogP contribution is 2.40. The number of nitrogens with two attached hydrogens (primary N) is 2. The summed E-state index contributed by atoms with van der Waals surface area (Å²) in [6.07, 6.45) is 3.46. The van der Waals surface area contributed by atoms with Crippen molar-refractivity contribution in [3.05, 3.63) is 53.9 Å². The number of aromatic nitrogens is 3. The molecule has 0 bridgehead atoms. The number of aryl methyl sites for hydroxylation is 1. The summed E-state index contributed by atoms with van der Waals surface area (Å²) in [4.78, 5) is 16.3. The van der Waals surface area contributed by atoms with Gasteiger partial charge in [0.15, 0.2) is 0 Å². The van der Waals surface area contributed by atoms with Crippen LogP contribution in [0.25, 0.3) is 32.9 Å². The molecule has 5 N–H and O–H groups in total. The van der Waals surface area contributed by atoms with Crippen molar-refractivity contribution in [2.45, 2.75) is 6.92 Å². The van der Waals surface area contributed by atoms with Gasteiger partial charge in [0.2, 0.25) is 0 Å². The summed E-state index contributed by atoms with van der Waals surface area (Å²) in [6, 6.07) is 9.35. The van der Waals surface area contributed by atoms with E-state index in [-0.39, 0.29) is 0 Å². The summed E-state index contributed by atoms with van der Waals surface area (Å²) in [6.45, 7) is 1.99. The van der Waals surface area contributed by atoms with Gasteiger partial charge in [-0.15, -0.1) is 0 Å². The van der Waals surface area contributed by atoms with Crippen LogP contribution in [-0.4, -0.2) is 21.1 Å². The molecule has 0 saturated heterocycles. The van der Waals surface area contributed by atoms with E-state index in [1.165, 1.54) is 0 Å². The van der Waals surface area contributed by atoms with Crippen molar-refractivity contribution in [2.24, 2.45) is 5.73 Å². The molecular weight excluding hydrogens is 302 g/mol. The second-order valence-corrected chi connectivity index (χ2v) is 5.74. The molecule has 2 aromatic heterocycles. The summed E-state index contributed by atoms with van der Waals surface area (Å²) in [5, 5.41) is 8.82. The van der Waals surface area contributed by atoms with Crippen molar-refractivity contribution in [2.75, 3.05) is 5.73 Å². The number of pyridine rings is 1. The maximum atomic E-state index is 11.9. The number of aromatic amines is 1. The molecule has 118 valence electrons. The standard InChI is InChI=1S/C18H15N5O/c1-9-4-5-13-12(8-22-23-13)14(9)15-16(19)11(18(20)24)7-10-3-2-6-21-17(10)15/h2-8H,19H2,1H3,(H2,20,24)(H,22,23). The minimum absolute atomic E-state index is 0.297. The molecule has 0 unspecified atom stereocenters. The molecule has 6 nitrogen and oxygen atoms in total. The Morgan fingerprint density at radius 1 is 1.21 bits per heavy atom. The zero-order valence-corrected chi connectivity index (χ0v) is 13.0. The maximum Gasteiger partial charge on any atom is 0.250 e. The number of nitrogens with zero attached hydrogens (tertiary/aromatic N) is 2. The number of fused-ring (bicyclic) bond motifs is 2. The lowest BCUT2D eigenvalue weighted by Gasteiger charge is -2.15. The topological polar surface area (TPSA) is 111 Å². The fourth-order valence-corrected chi connectivity index (χ4v) is 3.15. The number of nitrogen functional groups attached to an aromatic ring is 1. The molecule has 6 heteroatoms. The van der Waals surface area contributed by atoms with E-state index in [1.807, 2.05) is 31.2 Å². The average Bonchev–Trinajstić information content (AvgIpc) is 3.04. The molecule has 0 fully saturated rings. The SMILES string of the molecule is Cc1ccc2[nH]ncc2c1-c1c(N)c(C(N)=O)cc2cccnc12. The molecule has 0 aliphatic rings. The van der Waals surface area contributed by atoms with Crippen molar-refractivity contribution >= 4 is 33.4 Å². The van der Waals surface area contributed by atoms with E-state index in [0.29, 0.717) is 16.8 Å². The molecule has 2 aromatic carbocycles. The molecule has 1 amide bonds. The fourth-order valence-electron chi connectivity index (χ4n) is 3.15. The lowest BCUT2D eigenvalue weighted by molar-refractivity contribution is 0.100. The maximum absolute atomic E-state index is 11.9. The number of rotatable bonds is 2. The number of hydrogen-bond acceptors (Lipinski definition) is 4. The monoisotopic (exact) mass is 317 g/mol. The number of benzene rings is 2. The first kappa shape index (κ1) is 14.2. The molecule has 0 aliphatic heterocycles. The molecule has 2 heterocycles. The highest BCUT2D eigenvalue weighted by molar-refractivity contribution is 6.14. The smallest absolute Gasteiger partial charge is 0.250 e. The van der Waals surface area contributed by atoms with Crippen LogP contribution in [0.4, 0.5) is 5.69 Å². The summed E-state index contributed by atoms with van der Waals surface area (Å²) in [5.41, 5.74) is 16.8. The first-order valence-electron chi connectivity index (χ1n) is 7.48. The quantitative estimate of drug-likeness (QED) is 0.494. The predicted octanol–water partition coefficient (Wildman–Crippen LogP) is 2.77. The van der Waals surface area contributed by atoms with E-state index in [2.05, 4.69) is 15.2 Å². The molecule has 0 atom stereocenters.